The smallest absolute Gasteiger partial charge is 0.422 e. The summed E-state index contributed by atoms with van der Waals surface area (Å²) in [6.45, 7) is 0.634. The normalized spacial score (nSPS) is 13.3. The third kappa shape index (κ3) is 25.7. The van der Waals surface area contributed by atoms with Crippen molar-refractivity contribution in [1.29, 1.82) is 0 Å². The lowest BCUT2D eigenvalue weighted by atomic mass is 10.2. The van der Waals surface area contributed by atoms with Gasteiger partial charge in [0.2, 0.25) is 0 Å². The van der Waals surface area contributed by atoms with Crippen LogP contribution in [0.5, 0.6) is 0 Å². The first kappa shape index (κ1) is 28.7. The van der Waals surface area contributed by atoms with Crippen molar-refractivity contribution < 1.29 is 22.7 Å². The zero-order valence-electron chi connectivity index (χ0n) is 18.7. The van der Waals surface area contributed by atoms with E-state index in [0.717, 1.165) is 51.4 Å². The van der Waals surface area contributed by atoms with E-state index in [1.54, 1.807) is 0 Å². The van der Waals surface area contributed by atoms with Gasteiger partial charge in [-0.2, -0.15) is 13.2 Å². The van der Waals surface area contributed by atoms with Crippen LogP contribution in [0.3, 0.4) is 0 Å². The topological polar surface area (TPSA) is 26.3 Å². The first-order valence-corrected chi connectivity index (χ1v) is 11.1. The lowest BCUT2D eigenvalue weighted by molar-refractivity contribution is -0.186. The van der Waals surface area contributed by atoms with Crippen molar-refractivity contribution in [3.8, 4) is 0 Å². The van der Waals surface area contributed by atoms with Crippen molar-refractivity contribution in [2.75, 3.05) is 6.61 Å². The quantitative estimate of drug-likeness (QED) is 0.130. The van der Waals surface area contributed by atoms with Crippen molar-refractivity contribution in [1.82, 2.24) is 0 Å². The van der Waals surface area contributed by atoms with E-state index in [0.29, 0.717) is 6.42 Å². The molecule has 31 heavy (non-hydrogen) atoms. The van der Waals surface area contributed by atoms with Gasteiger partial charge in [-0.3, -0.25) is 4.79 Å². The number of rotatable bonds is 17. The lowest BCUT2D eigenvalue weighted by Crippen LogP contribution is -2.20. The van der Waals surface area contributed by atoms with Gasteiger partial charge in [-0.25, -0.2) is 0 Å². The monoisotopic (exact) mass is 438 g/mol. The van der Waals surface area contributed by atoms with Crippen LogP contribution in [-0.2, 0) is 9.53 Å². The fourth-order valence-corrected chi connectivity index (χ4v) is 2.41. The maximum atomic E-state index is 11.9. The molecule has 0 amide bonds. The van der Waals surface area contributed by atoms with E-state index in [9.17, 15) is 18.0 Å². The second-order valence-corrected chi connectivity index (χ2v) is 6.94. The predicted molar refractivity (Wildman–Crippen MR) is 124 cm³/mol. The number of hydrogen-bond acceptors (Lipinski definition) is 2. The van der Waals surface area contributed by atoms with Gasteiger partial charge in [0.25, 0.3) is 0 Å². The number of ether oxygens (including phenoxy) is 1. The van der Waals surface area contributed by atoms with Gasteiger partial charge in [0.05, 0.1) is 0 Å². The number of allylic oxidation sites excluding steroid dienone is 12. The summed E-state index contributed by atoms with van der Waals surface area (Å²) in [4.78, 5) is 11.1. The molecule has 0 aromatic rings. The zero-order chi connectivity index (χ0) is 23.0. The van der Waals surface area contributed by atoms with Crippen LogP contribution in [0.25, 0.3) is 0 Å². The average molecular weight is 439 g/mol. The Morgan fingerprint density at radius 1 is 0.677 bits per heavy atom. The highest BCUT2D eigenvalue weighted by molar-refractivity contribution is 5.69. The Bertz CT molecular complexity index is 609. The van der Waals surface area contributed by atoms with Crippen LogP contribution in [0.4, 0.5) is 13.2 Å². The van der Waals surface area contributed by atoms with Crippen LogP contribution in [0.15, 0.2) is 72.9 Å². The minimum atomic E-state index is -4.46. The Morgan fingerprint density at radius 3 is 1.52 bits per heavy atom. The molecule has 0 aromatic heterocycles. The molecular formula is C26H37F3O2. The molecule has 5 heteroatoms. The second-order valence-electron chi connectivity index (χ2n) is 6.94. The van der Waals surface area contributed by atoms with Gasteiger partial charge in [0, 0.05) is 6.42 Å². The van der Waals surface area contributed by atoms with Gasteiger partial charge < -0.3 is 4.74 Å². The van der Waals surface area contributed by atoms with Gasteiger partial charge in [-0.05, 0) is 57.8 Å². The molecule has 0 spiro atoms. The van der Waals surface area contributed by atoms with Crippen molar-refractivity contribution in [2.24, 2.45) is 0 Å². The summed E-state index contributed by atoms with van der Waals surface area (Å²) in [6, 6.07) is 0. The minimum absolute atomic E-state index is 0.0265. The molecule has 2 nitrogen and oxygen atoms in total. The Labute approximate surface area is 185 Å². The summed E-state index contributed by atoms with van der Waals surface area (Å²) in [6.07, 6.45) is 29.1. The first-order valence-electron chi connectivity index (χ1n) is 11.1. The number of halogens is 3. The second kappa shape index (κ2) is 21.0. The van der Waals surface area contributed by atoms with E-state index < -0.39 is 18.8 Å². The largest absolute Gasteiger partial charge is 0.456 e. The Balaban J connectivity index is 3.55. The minimum Gasteiger partial charge on any atom is -0.456 e. The number of alkyl halides is 3. The molecule has 0 unspecified atom stereocenters. The van der Waals surface area contributed by atoms with Crippen molar-refractivity contribution in [2.45, 2.75) is 77.3 Å². The van der Waals surface area contributed by atoms with Gasteiger partial charge in [0.15, 0.2) is 6.61 Å². The molecule has 0 radical (unpaired) electrons. The summed E-state index contributed by atoms with van der Waals surface area (Å²) in [5.41, 5.74) is 0. The Hall–Kier alpha value is -2.30. The molecule has 0 aromatic carbocycles. The molecule has 0 saturated carbocycles. The number of carbonyl (C=O) groups excluding carboxylic acids is 1. The molecule has 0 atom stereocenters. The average Bonchev–Trinajstić information content (AvgIpc) is 2.73. The molecule has 0 rings (SSSR count). The summed E-state index contributed by atoms with van der Waals surface area (Å²) in [5, 5.41) is 0. The van der Waals surface area contributed by atoms with Crippen LogP contribution in [-0.4, -0.2) is 18.8 Å². The molecular weight excluding hydrogens is 401 g/mol. The van der Waals surface area contributed by atoms with E-state index in [2.05, 4.69) is 78.5 Å². The molecule has 0 aliphatic heterocycles. The Morgan fingerprint density at radius 2 is 1.10 bits per heavy atom. The lowest BCUT2D eigenvalue weighted by Gasteiger charge is -2.07. The van der Waals surface area contributed by atoms with Crippen LogP contribution in [0, 0.1) is 0 Å². The van der Waals surface area contributed by atoms with Crippen molar-refractivity contribution >= 4 is 5.97 Å². The molecule has 0 heterocycles. The molecule has 0 saturated heterocycles. The SMILES string of the molecule is CC/C=C\C/C=C\C/C=C\C/C=C\C/C=C\C/C=C\CCCCC(=O)OCC(F)(F)F. The van der Waals surface area contributed by atoms with Crippen molar-refractivity contribution in [3.05, 3.63) is 72.9 Å². The predicted octanol–water partition coefficient (Wildman–Crippen LogP) is 8.35. The maximum Gasteiger partial charge on any atom is 0.422 e. The number of unbranched alkanes of at least 4 members (excludes halogenated alkanes) is 2. The van der Waals surface area contributed by atoms with Crippen LogP contribution in [0.2, 0.25) is 0 Å². The number of carbonyl (C=O) groups is 1. The van der Waals surface area contributed by atoms with Crippen molar-refractivity contribution in [3.63, 3.8) is 0 Å². The molecule has 174 valence electrons. The zero-order valence-corrected chi connectivity index (χ0v) is 18.7. The number of hydrogen-bond donors (Lipinski definition) is 0. The highest BCUT2D eigenvalue weighted by Crippen LogP contribution is 2.15. The van der Waals surface area contributed by atoms with Gasteiger partial charge in [-0.15, -0.1) is 0 Å². The summed E-state index contributed by atoms with van der Waals surface area (Å²) < 4.78 is 39.8. The molecule has 0 N–H and O–H groups in total. The molecule has 0 fully saturated rings. The van der Waals surface area contributed by atoms with Crippen LogP contribution < -0.4 is 0 Å². The van der Waals surface area contributed by atoms with Gasteiger partial charge in [0.1, 0.15) is 0 Å². The standard InChI is InChI=1S/C26H37F3O2/c1-2-3-4-5-6-7-8-9-10-11-12-13-14-15-16-17-18-19-20-21-22-23-25(30)31-24-26(27,28)29/h3-4,6-7,9-10,12-13,15-16,18-19H,2,5,8,11,14,17,20-24H2,1H3/b4-3-,7-6-,10-9-,13-12-,16-15-,19-18-. The van der Waals surface area contributed by atoms with E-state index in [1.165, 1.54) is 0 Å². The highest BCUT2D eigenvalue weighted by Gasteiger charge is 2.29. The van der Waals surface area contributed by atoms with Gasteiger partial charge >= 0.3 is 12.1 Å². The summed E-state index contributed by atoms with van der Waals surface area (Å²) in [7, 11) is 0. The Kier molecular flexibility index (Phi) is 19.4. The summed E-state index contributed by atoms with van der Waals surface area (Å²) in [5.74, 6) is -0.792. The molecule has 0 aliphatic rings. The first-order chi connectivity index (χ1) is 15.0. The van der Waals surface area contributed by atoms with E-state index in [4.69, 9.17) is 0 Å². The molecule has 0 aliphatic carbocycles. The molecule has 0 bridgehead atoms. The van der Waals surface area contributed by atoms with Crippen LogP contribution >= 0.6 is 0 Å². The number of esters is 1. The fourth-order valence-electron chi connectivity index (χ4n) is 2.41. The summed E-state index contributed by atoms with van der Waals surface area (Å²) >= 11 is 0. The van der Waals surface area contributed by atoms with Gasteiger partial charge in [-0.1, -0.05) is 79.8 Å². The maximum absolute atomic E-state index is 11.9. The van der Waals surface area contributed by atoms with E-state index in [1.807, 2.05) is 6.08 Å². The fraction of sp³-hybridized carbons (Fsp3) is 0.500. The highest BCUT2D eigenvalue weighted by atomic mass is 19.4. The van der Waals surface area contributed by atoms with Crippen LogP contribution in [0.1, 0.15) is 71.1 Å². The van der Waals surface area contributed by atoms with E-state index in [-0.39, 0.29) is 6.42 Å². The third-order valence-corrected chi connectivity index (χ3v) is 4.00. The third-order valence-electron chi connectivity index (χ3n) is 4.00. The van der Waals surface area contributed by atoms with E-state index >= 15 is 0 Å².